The zero-order chi connectivity index (χ0) is 14.5. The SMILES string of the molecule is CCOC(=O)CNc1nc2cc(CC)ccc2c(=O)o1. The Morgan fingerprint density at radius 3 is 2.90 bits per heavy atom. The van der Waals surface area contributed by atoms with E-state index >= 15 is 0 Å². The quantitative estimate of drug-likeness (QED) is 0.837. The molecule has 0 unspecified atom stereocenters. The number of anilines is 1. The maximum absolute atomic E-state index is 11.8. The number of rotatable bonds is 5. The minimum absolute atomic E-state index is 0.0174. The second kappa shape index (κ2) is 6.18. The molecule has 2 aromatic rings. The topological polar surface area (TPSA) is 81.4 Å². The van der Waals surface area contributed by atoms with Gasteiger partial charge in [-0.15, -0.1) is 0 Å². The van der Waals surface area contributed by atoms with E-state index in [0.29, 0.717) is 17.5 Å². The van der Waals surface area contributed by atoms with E-state index in [1.165, 1.54) is 0 Å². The fourth-order valence-corrected chi connectivity index (χ4v) is 1.77. The number of benzene rings is 1. The van der Waals surface area contributed by atoms with Crippen LogP contribution in [-0.2, 0) is 16.0 Å². The third-order valence-electron chi connectivity index (χ3n) is 2.79. The van der Waals surface area contributed by atoms with Crippen molar-refractivity contribution in [3.05, 3.63) is 34.2 Å². The molecule has 0 bridgehead atoms. The molecule has 0 radical (unpaired) electrons. The van der Waals surface area contributed by atoms with Crippen molar-refractivity contribution in [2.75, 3.05) is 18.5 Å². The van der Waals surface area contributed by atoms with Crippen molar-refractivity contribution in [2.45, 2.75) is 20.3 Å². The minimum atomic E-state index is -0.482. The van der Waals surface area contributed by atoms with Gasteiger partial charge in [0.2, 0.25) is 0 Å². The Labute approximate surface area is 115 Å². The van der Waals surface area contributed by atoms with E-state index in [4.69, 9.17) is 9.15 Å². The van der Waals surface area contributed by atoms with E-state index in [2.05, 4.69) is 10.3 Å². The molecule has 2 rings (SSSR count). The maximum Gasteiger partial charge on any atom is 0.348 e. The van der Waals surface area contributed by atoms with Crippen LogP contribution in [0.15, 0.2) is 27.4 Å². The van der Waals surface area contributed by atoms with Crippen LogP contribution in [0.2, 0.25) is 0 Å². The van der Waals surface area contributed by atoms with Crippen molar-refractivity contribution < 1.29 is 13.9 Å². The molecule has 106 valence electrons. The third-order valence-corrected chi connectivity index (χ3v) is 2.79. The summed E-state index contributed by atoms with van der Waals surface area (Å²) in [6.45, 7) is 3.95. The predicted molar refractivity (Wildman–Crippen MR) is 74.8 cm³/mol. The largest absolute Gasteiger partial charge is 0.465 e. The molecule has 0 atom stereocenters. The summed E-state index contributed by atoms with van der Waals surface area (Å²) in [5.74, 6) is -0.431. The molecule has 6 nitrogen and oxygen atoms in total. The predicted octanol–water partition coefficient (Wildman–Crippen LogP) is 1.73. The van der Waals surface area contributed by atoms with Gasteiger partial charge in [-0.1, -0.05) is 13.0 Å². The number of carbonyl (C=O) groups excluding carboxylic acids is 1. The molecule has 1 aromatic carbocycles. The second-order valence-corrected chi connectivity index (χ2v) is 4.17. The Hall–Kier alpha value is -2.37. The normalized spacial score (nSPS) is 10.5. The van der Waals surface area contributed by atoms with E-state index in [9.17, 15) is 9.59 Å². The Bertz CT molecular complexity index is 678. The van der Waals surface area contributed by atoms with Crippen LogP contribution in [0.3, 0.4) is 0 Å². The molecular formula is C14H16N2O4. The van der Waals surface area contributed by atoms with Crippen molar-refractivity contribution in [1.29, 1.82) is 0 Å². The number of hydrogen-bond acceptors (Lipinski definition) is 6. The fraction of sp³-hybridized carbons (Fsp3) is 0.357. The van der Waals surface area contributed by atoms with Gasteiger partial charge < -0.3 is 14.5 Å². The lowest BCUT2D eigenvalue weighted by atomic mass is 10.1. The lowest BCUT2D eigenvalue weighted by Crippen LogP contribution is -2.18. The maximum atomic E-state index is 11.8. The average molecular weight is 276 g/mol. The van der Waals surface area contributed by atoms with Crippen LogP contribution in [0, 0.1) is 0 Å². The van der Waals surface area contributed by atoms with Gasteiger partial charge in [0.05, 0.1) is 17.5 Å². The molecule has 0 amide bonds. The highest BCUT2D eigenvalue weighted by Crippen LogP contribution is 2.13. The van der Waals surface area contributed by atoms with E-state index in [1.54, 1.807) is 13.0 Å². The lowest BCUT2D eigenvalue weighted by molar-refractivity contribution is -0.140. The highest BCUT2D eigenvalue weighted by Gasteiger charge is 2.08. The van der Waals surface area contributed by atoms with Gasteiger partial charge in [-0.25, -0.2) is 4.79 Å². The number of esters is 1. The molecule has 0 spiro atoms. The second-order valence-electron chi connectivity index (χ2n) is 4.17. The number of carbonyl (C=O) groups is 1. The van der Waals surface area contributed by atoms with Gasteiger partial charge in [0.25, 0.3) is 6.01 Å². The Kier molecular flexibility index (Phi) is 4.34. The first kappa shape index (κ1) is 14.0. The number of ether oxygens (including phenoxy) is 1. The van der Waals surface area contributed by atoms with Gasteiger partial charge >= 0.3 is 11.6 Å². The third kappa shape index (κ3) is 3.14. The average Bonchev–Trinajstić information content (AvgIpc) is 2.45. The first-order chi connectivity index (χ1) is 9.63. The molecule has 0 aliphatic rings. The molecule has 1 aromatic heterocycles. The summed E-state index contributed by atoms with van der Waals surface area (Å²) in [7, 11) is 0. The number of aryl methyl sites for hydroxylation is 1. The molecule has 20 heavy (non-hydrogen) atoms. The van der Waals surface area contributed by atoms with Gasteiger partial charge in [0.1, 0.15) is 6.54 Å². The van der Waals surface area contributed by atoms with Gasteiger partial charge in [0.15, 0.2) is 0 Å². The standard InChI is InChI=1S/C14H16N2O4/c1-3-9-5-6-10-11(7-9)16-14(20-13(10)18)15-8-12(17)19-4-2/h5-7H,3-4,8H2,1-2H3,(H,15,16). The molecule has 0 saturated heterocycles. The summed E-state index contributed by atoms with van der Waals surface area (Å²) < 4.78 is 9.78. The van der Waals surface area contributed by atoms with Crippen LogP contribution in [0.4, 0.5) is 6.01 Å². The van der Waals surface area contributed by atoms with Crippen molar-refractivity contribution in [3.8, 4) is 0 Å². The molecule has 0 saturated carbocycles. The number of nitrogens with zero attached hydrogens (tertiary/aromatic N) is 1. The summed E-state index contributed by atoms with van der Waals surface area (Å²) in [4.78, 5) is 27.2. The van der Waals surface area contributed by atoms with Crippen molar-refractivity contribution >= 4 is 22.9 Å². The van der Waals surface area contributed by atoms with Gasteiger partial charge in [-0.3, -0.25) is 4.79 Å². The zero-order valence-electron chi connectivity index (χ0n) is 11.4. The number of hydrogen-bond donors (Lipinski definition) is 1. The van der Waals surface area contributed by atoms with Crippen molar-refractivity contribution in [2.24, 2.45) is 0 Å². The first-order valence-electron chi connectivity index (χ1n) is 6.47. The van der Waals surface area contributed by atoms with E-state index in [-0.39, 0.29) is 12.6 Å². The van der Waals surface area contributed by atoms with Gasteiger partial charge in [0, 0.05) is 0 Å². The number of fused-ring (bicyclic) bond motifs is 1. The fourth-order valence-electron chi connectivity index (χ4n) is 1.77. The molecule has 1 heterocycles. The Morgan fingerprint density at radius 1 is 1.40 bits per heavy atom. The number of nitrogens with one attached hydrogen (secondary N) is 1. The van der Waals surface area contributed by atoms with E-state index in [0.717, 1.165) is 12.0 Å². The smallest absolute Gasteiger partial charge is 0.348 e. The van der Waals surface area contributed by atoms with Gasteiger partial charge in [-0.2, -0.15) is 4.98 Å². The van der Waals surface area contributed by atoms with Crippen LogP contribution < -0.4 is 10.9 Å². The Morgan fingerprint density at radius 2 is 2.20 bits per heavy atom. The van der Waals surface area contributed by atoms with E-state index in [1.807, 2.05) is 19.1 Å². The van der Waals surface area contributed by atoms with Crippen LogP contribution >= 0.6 is 0 Å². The van der Waals surface area contributed by atoms with Crippen molar-refractivity contribution in [3.63, 3.8) is 0 Å². The molecule has 0 aliphatic heterocycles. The van der Waals surface area contributed by atoms with Crippen molar-refractivity contribution in [1.82, 2.24) is 4.98 Å². The molecule has 0 aliphatic carbocycles. The zero-order valence-corrected chi connectivity index (χ0v) is 11.4. The molecule has 1 N–H and O–H groups in total. The van der Waals surface area contributed by atoms with Crippen LogP contribution in [0.25, 0.3) is 10.9 Å². The molecule has 0 fully saturated rings. The van der Waals surface area contributed by atoms with E-state index < -0.39 is 11.6 Å². The highest BCUT2D eigenvalue weighted by atomic mass is 16.5. The van der Waals surface area contributed by atoms with Crippen LogP contribution in [0.5, 0.6) is 0 Å². The van der Waals surface area contributed by atoms with Crippen LogP contribution in [0.1, 0.15) is 19.4 Å². The lowest BCUT2D eigenvalue weighted by Gasteiger charge is -2.05. The number of aromatic nitrogens is 1. The summed E-state index contributed by atoms with van der Waals surface area (Å²) in [6.07, 6.45) is 0.851. The van der Waals surface area contributed by atoms with Gasteiger partial charge in [-0.05, 0) is 31.0 Å². The summed E-state index contributed by atoms with van der Waals surface area (Å²) >= 11 is 0. The summed E-state index contributed by atoms with van der Waals surface area (Å²) in [6, 6.07) is 5.42. The molecular weight excluding hydrogens is 260 g/mol. The summed E-state index contributed by atoms with van der Waals surface area (Å²) in [5, 5.41) is 3.07. The van der Waals surface area contributed by atoms with Crippen LogP contribution in [-0.4, -0.2) is 24.1 Å². The minimum Gasteiger partial charge on any atom is -0.465 e. The molecule has 6 heteroatoms. The monoisotopic (exact) mass is 276 g/mol. The first-order valence-corrected chi connectivity index (χ1v) is 6.47. The highest BCUT2D eigenvalue weighted by molar-refractivity contribution is 5.79. The Balaban J connectivity index is 2.26. The summed E-state index contributed by atoms with van der Waals surface area (Å²) in [5.41, 5.74) is 1.14.